The van der Waals surface area contributed by atoms with Crippen molar-refractivity contribution in [3.05, 3.63) is 79.4 Å². The Labute approximate surface area is 192 Å². The largest absolute Gasteiger partial charge is 0.744 e. The molecular weight excluding hydrogens is 424 g/mol. The third kappa shape index (κ3) is 11.0. The third-order valence-electron chi connectivity index (χ3n) is 4.66. The monoisotopic (exact) mass is 458 g/mol. The van der Waals surface area contributed by atoms with Crippen LogP contribution in [0.3, 0.4) is 0 Å². The van der Waals surface area contributed by atoms with E-state index in [1.165, 1.54) is 68.8 Å². The van der Waals surface area contributed by atoms with E-state index in [1.807, 2.05) is 12.2 Å². The fraction of sp³-hybridized carbons (Fsp3) is 0.320. The summed E-state index contributed by atoms with van der Waals surface area (Å²) < 4.78 is 32.2. The topological polar surface area (TPSA) is 94.2 Å². The molecule has 0 heterocycles. The molecular formula is C25H34N2O4S. The van der Waals surface area contributed by atoms with Crippen LogP contribution in [-0.4, -0.2) is 43.9 Å². The fourth-order valence-electron chi connectivity index (χ4n) is 2.94. The number of benzene rings is 2. The number of unbranched alkanes of at least 4 members (excludes halogenated alkanes) is 3. The highest BCUT2D eigenvalue weighted by atomic mass is 32.2. The van der Waals surface area contributed by atoms with E-state index in [-0.39, 0.29) is 10.6 Å². The van der Waals surface area contributed by atoms with E-state index in [9.17, 15) is 18.1 Å². The Hall–Kier alpha value is -2.74. The van der Waals surface area contributed by atoms with Crippen LogP contribution in [0.5, 0.6) is 5.75 Å². The molecule has 0 aliphatic carbocycles. The maximum atomic E-state index is 10.7. The summed E-state index contributed by atoms with van der Waals surface area (Å²) in [5.74, 6) is 0.102. The molecule has 2 aromatic carbocycles. The Morgan fingerprint density at radius 2 is 1.62 bits per heavy atom. The molecule has 0 bridgehead atoms. The number of rotatable bonds is 12. The van der Waals surface area contributed by atoms with E-state index in [0.29, 0.717) is 11.3 Å². The number of hydrogen-bond donors (Lipinski definition) is 2. The molecule has 2 N–H and O–H groups in total. The van der Waals surface area contributed by atoms with Crippen molar-refractivity contribution < 1.29 is 23.0 Å². The Morgan fingerprint density at radius 1 is 1.00 bits per heavy atom. The van der Waals surface area contributed by atoms with Crippen LogP contribution in [0.1, 0.15) is 38.2 Å². The number of para-hydroxylation sites is 1. The van der Waals surface area contributed by atoms with Gasteiger partial charge in [-0.25, -0.2) is 8.42 Å². The Balaban J connectivity index is 0.000000347. The first-order valence-electron chi connectivity index (χ1n) is 10.7. The summed E-state index contributed by atoms with van der Waals surface area (Å²) in [5.41, 5.74) is 1.03. The number of aromatic hydroxyl groups is 1. The second kappa shape index (κ2) is 15.1. The molecule has 7 heteroatoms. The molecule has 2 aromatic rings. The number of phenolic OH excluding ortho intramolecular Hbond substituents is 1. The zero-order valence-electron chi connectivity index (χ0n) is 18.7. The predicted octanol–water partition coefficient (Wildman–Crippen LogP) is 3.87. The lowest BCUT2D eigenvalue weighted by molar-refractivity contribution is -0.888. The summed E-state index contributed by atoms with van der Waals surface area (Å²) >= 11 is 0. The van der Waals surface area contributed by atoms with E-state index >= 15 is 0 Å². The van der Waals surface area contributed by atoms with Crippen molar-refractivity contribution in [2.45, 2.75) is 37.5 Å². The molecule has 0 amide bonds. The number of hydrogen-bond acceptors (Lipinski definition) is 5. The minimum atomic E-state index is -4.44. The van der Waals surface area contributed by atoms with Gasteiger partial charge in [0.05, 0.1) is 30.2 Å². The van der Waals surface area contributed by atoms with Crippen LogP contribution in [0.2, 0.25) is 0 Å². The lowest BCUT2D eigenvalue weighted by Crippen LogP contribution is -3.11. The van der Waals surface area contributed by atoms with Crippen molar-refractivity contribution >= 4 is 22.0 Å². The third-order valence-corrected chi connectivity index (χ3v) is 5.51. The second-order valence-electron chi connectivity index (χ2n) is 7.31. The van der Waals surface area contributed by atoms with Gasteiger partial charge in [0.1, 0.15) is 15.9 Å². The zero-order chi connectivity index (χ0) is 23.8. The molecule has 0 saturated heterocycles. The van der Waals surface area contributed by atoms with Gasteiger partial charge in [0.15, 0.2) is 0 Å². The average Bonchev–Trinajstić information content (AvgIpc) is 2.76. The number of phenols is 1. The maximum Gasteiger partial charge on any atom is 0.124 e. The molecule has 0 aliphatic heterocycles. The first-order valence-corrected chi connectivity index (χ1v) is 12.2. The minimum absolute atomic E-state index is 0.102. The minimum Gasteiger partial charge on any atom is -0.744 e. The second-order valence-corrected chi connectivity index (χ2v) is 8.69. The van der Waals surface area contributed by atoms with Crippen LogP contribution in [0.25, 0.3) is 0 Å². The molecule has 0 atom stereocenters. The molecule has 0 saturated carbocycles. The van der Waals surface area contributed by atoms with Crippen LogP contribution in [0.4, 0.5) is 5.69 Å². The van der Waals surface area contributed by atoms with Gasteiger partial charge in [-0.1, -0.05) is 45.1 Å². The lowest BCUT2D eigenvalue weighted by atomic mass is 10.2. The van der Waals surface area contributed by atoms with Gasteiger partial charge in [-0.2, -0.15) is 0 Å². The lowest BCUT2D eigenvalue weighted by Gasteiger charge is -2.15. The highest BCUT2D eigenvalue weighted by molar-refractivity contribution is 7.85. The normalized spacial score (nSPS) is 11.2. The number of nitrogens with one attached hydrogen (secondary N) is 1. The maximum absolute atomic E-state index is 10.7. The first-order chi connectivity index (χ1) is 15.3. The van der Waals surface area contributed by atoms with Gasteiger partial charge in [0, 0.05) is 11.8 Å². The van der Waals surface area contributed by atoms with Gasteiger partial charge in [0.2, 0.25) is 0 Å². The van der Waals surface area contributed by atoms with E-state index in [2.05, 4.69) is 25.1 Å². The molecule has 0 spiro atoms. The SMILES string of the molecule is C=CC[NH+](CC=C)CCCCCC.O=S(=O)([O-])c1ccc(N=Cc2ccccc2O)cc1. The summed E-state index contributed by atoms with van der Waals surface area (Å²) in [6.45, 7) is 13.2. The first kappa shape index (κ1) is 27.3. The van der Waals surface area contributed by atoms with E-state index in [1.54, 1.807) is 23.1 Å². The Morgan fingerprint density at radius 3 is 2.16 bits per heavy atom. The van der Waals surface area contributed by atoms with Gasteiger partial charge in [-0.15, -0.1) is 0 Å². The highest BCUT2D eigenvalue weighted by Crippen LogP contribution is 2.18. The van der Waals surface area contributed by atoms with Crippen molar-refractivity contribution in [3.8, 4) is 5.75 Å². The van der Waals surface area contributed by atoms with Crippen LogP contribution < -0.4 is 4.90 Å². The van der Waals surface area contributed by atoms with Crippen molar-refractivity contribution in [2.75, 3.05) is 19.6 Å². The van der Waals surface area contributed by atoms with Crippen molar-refractivity contribution in [2.24, 2.45) is 4.99 Å². The predicted molar refractivity (Wildman–Crippen MR) is 130 cm³/mol. The Kier molecular flexibility index (Phi) is 12.9. The van der Waals surface area contributed by atoms with E-state index in [0.717, 1.165) is 13.1 Å². The van der Waals surface area contributed by atoms with E-state index in [4.69, 9.17) is 0 Å². The van der Waals surface area contributed by atoms with Crippen molar-refractivity contribution in [1.82, 2.24) is 0 Å². The molecule has 6 nitrogen and oxygen atoms in total. The molecule has 0 fully saturated rings. The van der Waals surface area contributed by atoms with Crippen LogP contribution in [0.15, 0.2) is 83.7 Å². The van der Waals surface area contributed by atoms with Gasteiger partial charge in [0.25, 0.3) is 0 Å². The molecule has 0 aliphatic rings. The smallest absolute Gasteiger partial charge is 0.124 e. The summed E-state index contributed by atoms with van der Waals surface area (Å²) in [4.78, 5) is 5.37. The molecule has 0 aromatic heterocycles. The Bertz CT molecular complexity index is 944. The summed E-state index contributed by atoms with van der Waals surface area (Å²) in [6, 6.07) is 11.9. The summed E-state index contributed by atoms with van der Waals surface area (Å²) in [7, 11) is -4.44. The fourth-order valence-corrected chi connectivity index (χ4v) is 3.41. The quantitative estimate of drug-likeness (QED) is 0.218. The van der Waals surface area contributed by atoms with Crippen molar-refractivity contribution in [3.63, 3.8) is 0 Å². The standard InChI is InChI=1S/C13H11NO4S.C12H23N/c15-13-4-2-1-3-10(13)9-14-11-5-7-12(8-6-11)19(16,17)18;1-4-7-8-9-12-13(10-5-2)11-6-3/h1-9,15H,(H,16,17,18);5-6H,2-4,7-12H2,1H3. The molecule has 174 valence electrons. The number of aliphatic imine (C=N–C) groups is 1. The highest BCUT2D eigenvalue weighted by Gasteiger charge is 2.02. The van der Waals surface area contributed by atoms with Crippen molar-refractivity contribution in [1.29, 1.82) is 0 Å². The molecule has 0 unspecified atom stereocenters. The summed E-state index contributed by atoms with van der Waals surface area (Å²) in [6.07, 6.45) is 10.8. The van der Waals surface area contributed by atoms with Gasteiger partial charge >= 0.3 is 0 Å². The van der Waals surface area contributed by atoms with Gasteiger partial charge < -0.3 is 14.6 Å². The van der Waals surface area contributed by atoms with Crippen LogP contribution >= 0.6 is 0 Å². The number of nitrogens with zero attached hydrogens (tertiary/aromatic N) is 1. The molecule has 32 heavy (non-hydrogen) atoms. The van der Waals surface area contributed by atoms with Crippen LogP contribution in [-0.2, 0) is 10.1 Å². The molecule has 2 rings (SSSR count). The zero-order valence-corrected chi connectivity index (χ0v) is 19.6. The van der Waals surface area contributed by atoms with E-state index < -0.39 is 10.1 Å². The van der Waals surface area contributed by atoms with Gasteiger partial charge in [-0.05, 0) is 61.4 Å². The van der Waals surface area contributed by atoms with Crippen LogP contribution in [0, 0.1) is 0 Å². The number of quaternary nitrogens is 1. The van der Waals surface area contributed by atoms with Gasteiger partial charge in [-0.3, -0.25) is 4.99 Å². The molecule has 0 radical (unpaired) electrons. The summed E-state index contributed by atoms with van der Waals surface area (Å²) in [5, 5.41) is 9.53. The average molecular weight is 459 g/mol.